The van der Waals surface area contributed by atoms with Crippen LogP contribution in [0.3, 0.4) is 0 Å². The van der Waals surface area contributed by atoms with Gasteiger partial charge < -0.3 is 10.6 Å². The summed E-state index contributed by atoms with van der Waals surface area (Å²) >= 11 is 6.24. The molecule has 0 fully saturated rings. The molecule has 0 bridgehead atoms. The van der Waals surface area contributed by atoms with Gasteiger partial charge in [0.1, 0.15) is 0 Å². The number of hydrogen-bond donors (Lipinski definition) is 2. The Hall–Kier alpha value is -2.33. The summed E-state index contributed by atoms with van der Waals surface area (Å²) in [5.41, 5.74) is 1.88. The molecule has 0 spiro atoms. The standard InChI is InChI=1S/C22H27ClN2O2/c1-4-18(16-8-6-5-7-9-16)22(27)25-20-14-17(10-11-19(20)23)21(26)24-13-12-15(2)3/h5-11,14-15,18H,4,12-13H2,1-3H3,(H,24,26)(H,25,27)/t18-/m1/s1. The highest BCUT2D eigenvalue weighted by Gasteiger charge is 2.20. The van der Waals surface area contributed by atoms with Crippen molar-refractivity contribution in [1.29, 1.82) is 0 Å². The Bertz CT molecular complexity index is 775. The number of rotatable bonds is 8. The molecule has 0 aliphatic carbocycles. The van der Waals surface area contributed by atoms with Crippen LogP contribution >= 0.6 is 11.6 Å². The predicted molar refractivity (Wildman–Crippen MR) is 111 cm³/mol. The van der Waals surface area contributed by atoms with Crippen molar-refractivity contribution in [2.24, 2.45) is 5.92 Å². The van der Waals surface area contributed by atoms with Gasteiger partial charge in [-0.1, -0.05) is 62.7 Å². The molecule has 1 atom stereocenters. The molecule has 0 saturated carbocycles. The van der Waals surface area contributed by atoms with Crippen LogP contribution in [0, 0.1) is 5.92 Å². The van der Waals surface area contributed by atoms with Crippen LogP contribution in [0.5, 0.6) is 0 Å². The number of hydrogen-bond acceptors (Lipinski definition) is 2. The zero-order chi connectivity index (χ0) is 19.8. The van der Waals surface area contributed by atoms with Gasteiger partial charge in [-0.05, 0) is 42.5 Å². The zero-order valence-electron chi connectivity index (χ0n) is 16.1. The van der Waals surface area contributed by atoms with Crippen molar-refractivity contribution in [3.63, 3.8) is 0 Å². The second-order valence-electron chi connectivity index (χ2n) is 6.99. The van der Waals surface area contributed by atoms with Crippen LogP contribution < -0.4 is 10.6 Å². The van der Waals surface area contributed by atoms with Crippen LogP contribution in [-0.2, 0) is 4.79 Å². The molecule has 0 aliphatic rings. The molecule has 0 aliphatic heterocycles. The van der Waals surface area contributed by atoms with E-state index < -0.39 is 0 Å². The molecule has 2 aromatic carbocycles. The minimum atomic E-state index is -0.272. The summed E-state index contributed by atoms with van der Waals surface area (Å²) in [6.07, 6.45) is 1.58. The van der Waals surface area contributed by atoms with Gasteiger partial charge in [-0.2, -0.15) is 0 Å². The van der Waals surface area contributed by atoms with E-state index in [-0.39, 0.29) is 17.7 Å². The molecule has 2 N–H and O–H groups in total. The third kappa shape index (κ3) is 6.10. The Kier molecular flexibility index (Phi) is 7.86. The monoisotopic (exact) mass is 386 g/mol. The second-order valence-corrected chi connectivity index (χ2v) is 7.40. The second kappa shape index (κ2) is 10.1. The maximum absolute atomic E-state index is 12.8. The normalized spacial score (nSPS) is 11.9. The van der Waals surface area contributed by atoms with E-state index in [4.69, 9.17) is 11.6 Å². The van der Waals surface area contributed by atoms with Gasteiger partial charge in [-0.15, -0.1) is 0 Å². The number of amides is 2. The number of carbonyl (C=O) groups excluding carboxylic acids is 2. The summed E-state index contributed by atoms with van der Waals surface area (Å²) in [5.74, 6) is -0.0546. The molecular formula is C22H27ClN2O2. The quantitative estimate of drug-likeness (QED) is 0.651. The van der Waals surface area contributed by atoms with Crippen molar-refractivity contribution in [1.82, 2.24) is 5.32 Å². The Labute approximate surface area is 166 Å². The summed E-state index contributed by atoms with van der Waals surface area (Å²) < 4.78 is 0. The number of anilines is 1. The van der Waals surface area contributed by atoms with Crippen molar-refractivity contribution in [2.75, 3.05) is 11.9 Å². The van der Waals surface area contributed by atoms with Gasteiger partial charge in [-0.3, -0.25) is 9.59 Å². The summed E-state index contributed by atoms with van der Waals surface area (Å²) in [6.45, 7) is 6.81. The fourth-order valence-corrected chi connectivity index (χ4v) is 2.98. The molecular weight excluding hydrogens is 360 g/mol. The van der Waals surface area contributed by atoms with E-state index in [0.29, 0.717) is 35.2 Å². The zero-order valence-corrected chi connectivity index (χ0v) is 16.8. The molecule has 0 heterocycles. The first-order valence-electron chi connectivity index (χ1n) is 9.36. The highest BCUT2D eigenvalue weighted by Crippen LogP contribution is 2.26. The van der Waals surface area contributed by atoms with Crippen molar-refractivity contribution in [3.8, 4) is 0 Å². The van der Waals surface area contributed by atoms with Crippen LogP contribution in [-0.4, -0.2) is 18.4 Å². The minimum absolute atomic E-state index is 0.136. The molecule has 2 aromatic rings. The van der Waals surface area contributed by atoms with E-state index in [1.54, 1.807) is 18.2 Å². The lowest BCUT2D eigenvalue weighted by Crippen LogP contribution is -2.26. The van der Waals surface area contributed by atoms with E-state index in [9.17, 15) is 9.59 Å². The minimum Gasteiger partial charge on any atom is -0.352 e. The molecule has 144 valence electrons. The molecule has 27 heavy (non-hydrogen) atoms. The van der Waals surface area contributed by atoms with E-state index in [1.165, 1.54) is 0 Å². The Morgan fingerprint density at radius 1 is 1.07 bits per heavy atom. The topological polar surface area (TPSA) is 58.2 Å². The molecule has 5 heteroatoms. The average molecular weight is 387 g/mol. The third-order valence-electron chi connectivity index (χ3n) is 4.42. The van der Waals surface area contributed by atoms with Crippen LogP contribution in [0.1, 0.15) is 55.5 Å². The fraction of sp³-hybridized carbons (Fsp3) is 0.364. The lowest BCUT2D eigenvalue weighted by atomic mass is 9.95. The molecule has 2 rings (SSSR count). The van der Waals surface area contributed by atoms with Gasteiger partial charge in [0, 0.05) is 12.1 Å². The number of carbonyl (C=O) groups is 2. The molecule has 0 unspecified atom stereocenters. The SMILES string of the molecule is CC[C@@H](C(=O)Nc1cc(C(=O)NCCC(C)C)ccc1Cl)c1ccccc1. The number of nitrogens with one attached hydrogen (secondary N) is 2. The van der Waals surface area contributed by atoms with Gasteiger partial charge >= 0.3 is 0 Å². The smallest absolute Gasteiger partial charge is 0.251 e. The fourth-order valence-electron chi connectivity index (χ4n) is 2.82. The van der Waals surface area contributed by atoms with Gasteiger partial charge in [0.05, 0.1) is 16.6 Å². The van der Waals surface area contributed by atoms with Crippen molar-refractivity contribution in [2.45, 2.75) is 39.5 Å². The Morgan fingerprint density at radius 2 is 1.78 bits per heavy atom. The van der Waals surface area contributed by atoms with E-state index in [1.807, 2.05) is 37.3 Å². The van der Waals surface area contributed by atoms with Crippen LogP contribution in [0.25, 0.3) is 0 Å². The predicted octanol–water partition coefficient (Wildman–Crippen LogP) is 5.25. The largest absolute Gasteiger partial charge is 0.352 e. The lowest BCUT2D eigenvalue weighted by molar-refractivity contribution is -0.117. The Balaban J connectivity index is 2.11. The molecule has 0 radical (unpaired) electrons. The van der Waals surface area contributed by atoms with E-state index in [0.717, 1.165) is 12.0 Å². The van der Waals surface area contributed by atoms with E-state index in [2.05, 4.69) is 24.5 Å². The van der Waals surface area contributed by atoms with Gasteiger partial charge in [0.25, 0.3) is 5.91 Å². The highest BCUT2D eigenvalue weighted by molar-refractivity contribution is 6.34. The van der Waals surface area contributed by atoms with Crippen molar-refractivity contribution < 1.29 is 9.59 Å². The maximum Gasteiger partial charge on any atom is 0.251 e. The van der Waals surface area contributed by atoms with E-state index >= 15 is 0 Å². The molecule has 4 nitrogen and oxygen atoms in total. The molecule has 2 amide bonds. The van der Waals surface area contributed by atoms with Gasteiger partial charge in [0.15, 0.2) is 0 Å². The number of benzene rings is 2. The third-order valence-corrected chi connectivity index (χ3v) is 4.75. The van der Waals surface area contributed by atoms with Crippen LogP contribution in [0.4, 0.5) is 5.69 Å². The molecule has 0 aromatic heterocycles. The summed E-state index contributed by atoms with van der Waals surface area (Å²) in [6, 6.07) is 14.6. The van der Waals surface area contributed by atoms with Gasteiger partial charge in [-0.25, -0.2) is 0 Å². The van der Waals surface area contributed by atoms with Gasteiger partial charge in [0.2, 0.25) is 5.91 Å². The first-order valence-corrected chi connectivity index (χ1v) is 9.73. The summed E-state index contributed by atoms with van der Waals surface area (Å²) in [4.78, 5) is 25.1. The van der Waals surface area contributed by atoms with Crippen molar-refractivity contribution >= 4 is 29.1 Å². The first kappa shape index (κ1) is 21.0. The van der Waals surface area contributed by atoms with Crippen molar-refractivity contribution in [3.05, 3.63) is 64.7 Å². The Morgan fingerprint density at radius 3 is 2.41 bits per heavy atom. The maximum atomic E-state index is 12.8. The average Bonchev–Trinajstić information content (AvgIpc) is 2.64. The molecule has 0 saturated heterocycles. The first-order chi connectivity index (χ1) is 12.9. The van der Waals surface area contributed by atoms with Crippen LogP contribution in [0.2, 0.25) is 5.02 Å². The lowest BCUT2D eigenvalue weighted by Gasteiger charge is -2.17. The summed E-state index contributed by atoms with van der Waals surface area (Å²) in [5, 5.41) is 6.18. The summed E-state index contributed by atoms with van der Waals surface area (Å²) in [7, 11) is 0. The highest BCUT2D eigenvalue weighted by atomic mass is 35.5. The van der Waals surface area contributed by atoms with Crippen LogP contribution in [0.15, 0.2) is 48.5 Å². The number of halogens is 1.